The molecule has 2 rings (SSSR count). The Morgan fingerprint density at radius 2 is 2.18 bits per heavy atom. The molecule has 17 heavy (non-hydrogen) atoms. The minimum atomic E-state index is 0.0611. The molecule has 0 saturated heterocycles. The van der Waals surface area contributed by atoms with Gasteiger partial charge in [-0.05, 0) is 50.2 Å². The van der Waals surface area contributed by atoms with E-state index in [1.807, 2.05) is 12.3 Å². The van der Waals surface area contributed by atoms with Crippen molar-refractivity contribution in [1.82, 2.24) is 4.98 Å². The van der Waals surface area contributed by atoms with Gasteiger partial charge in [-0.2, -0.15) is 0 Å². The van der Waals surface area contributed by atoms with Crippen molar-refractivity contribution in [2.24, 2.45) is 11.7 Å². The van der Waals surface area contributed by atoms with Gasteiger partial charge in [-0.1, -0.05) is 13.0 Å². The van der Waals surface area contributed by atoms with Crippen LogP contribution >= 0.6 is 0 Å². The predicted molar refractivity (Wildman–Crippen MR) is 72.0 cm³/mol. The van der Waals surface area contributed by atoms with Gasteiger partial charge in [0.2, 0.25) is 0 Å². The van der Waals surface area contributed by atoms with Crippen LogP contribution < -0.4 is 11.1 Å². The van der Waals surface area contributed by atoms with E-state index in [1.54, 1.807) is 0 Å². The Bertz CT molecular complexity index is 367. The summed E-state index contributed by atoms with van der Waals surface area (Å²) in [7, 11) is 0. The molecule has 1 aliphatic rings. The lowest BCUT2D eigenvalue weighted by atomic mass is 9.77. The Kier molecular flexibility index (Phi) is 3.67. The summed E-state index contributed by atoms with van der Waals surface area (Å²) < 4.78 is 0. The number of hydrogen-bond donors (Lipinski definition) is 2. The molecule has 0 atom stereocenters. The Morgan fingerprint density at radius 3 is 2.76 bits per heavy atom. The monoisotopic (exact) mass is 233 g/mol. The van der Waals surface area contributed by atoms with Crippen LogP contribution in [0.15, 0.2) is 18.3 Å². The summed E-state index contributed by atoms with van der Waals surface area (Å²) in [5.74, 6) is 1.83. The molecule has 0 aromatic carbocycles. The normalized spacial score (nSPS) is 29.0. The fourth-order valence-corrected chi connectivity index (χ4v) is 2.56. The van der Waals surface area contributed by atoms with Crippen LogP contribution in [0.25, 0.3) is 0 Å². The van der Waals surface area contributed by atoms with E-state index in [0.29, 0.717) is 6.54 Å². The lowest BCUT2D eigenvalue weighted by molar-refractivity contribution is 0.271. The van der Waals surface area contributed by atoms with E-state index < -0.39 is 0 Å². The van der Waals surface area contributed by atoms with Gasteiger partial charge in [0.1, 0.15) is 5.82 Å². The maximum absolute atomic E-state index is 5.99. The molecular formula is C14H23N3. The molecular weight excluding hydrogens is 210 g/mol. The number of aryl methyl sites for hydroxylation is 1. The third-order valence-corrected chi connectivity index (χ3v) is 4.02. The first kappa shape index (κ1) is 12.4. The van der Waals surface area contributed by atoms with Gasteiger partial charge < -0.3 is 11.1 Å². The number of nitrogens with one attached hydrogen (secondary N) is 1. The molecule has 1 fully saturated rings. The SMILES string of the molecule is Cc1cccnc1NC1(CN)CCC(C)CC1. The average molecular weight is 233 g/mol. The predicted octanol–water partition coefficient (Wildman–Crippen LogP) is 2.71. The van der Waals surface area contributed by atoms with Crippen LogP contribution in [0, 0.1) is 12.8 Å². The molecule has 0 radical (unpaired) electrons. The molecule has 0 amide bonds. The van der Waals surface area contributed by atoms with Crippen molar-refractivity contribution < 1.29 is 0 Å². The number of rotatable bonds is 3. The number of nitrogens with zero attached hydrogens (tertiary/aromatic N) is 1. The first-order chi connectivity index (χ1) is 8.15. The van der Waals surface area contributed by atoms with E-state index in [1.165, 1.54) is 18.4 Å². The average Bonchev–Trinajstić information content (AvgIpc) is 2.35. The van der Waals surface area contributed by atoms with E-state index >= 15 is 0 Å². The molecule has 1 aliphatic carbocycles. The summed E-state index contributed by atoms with van der Waals surface area (Å²) in [4.78, 5) is 4.42. The number of anilines is 1. The highest BCUT2D eigenvalue weighted by Crippen LogP contribution is 2.34. The molecule has 1 heterocycles. The van der Waals surface area contributed by atoms with Crippen LogP contribution in [0.1, 0.15) is 38.2 Å². The van der Waals surface area contributed by atoms with Crippen LogP contribution in [-0.4, -0.2) is 17.1 Å². The van der Waals surface area contributed by atoms with E-state index in [2.05, 4.69) is 30.2 Å². The molecule has 3 nitrogen and oxygen atoms in total. The molecule has 1 aromatic rings. The lowest BCUT2D eigenvalue weighted by Gasteiger charge is -2.40. The van der Waals surface area contributed by atoms with E-state index in [-0.39, 0.29) is 5.54 Å². The topological polar surface area (TPSA) is 50.9 Å². The van der Waals surface area contributed by atoms with Crippen molar-refractivity contribution in [2.45, 2.75) is 45.1 Å². The molecule has 0 bridgehead atoms. The summed E-state index contributed by atoms with van der Waals surface area (Å²) in [6.07, 6.45) is 6.67. The smallest absolute Gasteiger partial charge is 0.129 e. The first-order valence-electron chi connectivity index (χ1n) is 6.55. The van der Waals surface area contributed by atoms with Crippen molar-refractivity contribution in [3.05, 3.63) is 23.9 Å². The van der Waals surface area contributed by atoms with Gasteiger partial charge in [-0.25, -0.2) is 4.98 Å². The van der Waals surface area contributed by atoms with Crippen LogP contribution in [0.5, 0.6) is 0 Å². The number of nitrogens with two attached hydrogens (primary N) is 1. The largest absolute Gasteiger partial charge is 0.363 e. The second-order valence-electron chi connectivity index (χ2n) is 5.46. The van der Waals surface area contributed by atoms with Gasteiger partial charge in [0, 0.05) is 12.7 Å². The van der Waals surface area contributed by atoms with E-state index in [0.717, 1.165) is 24.6 Å². The van der Waals surface area contributed by atoms with Gasteiger partial charge in [0.05, 0.1) is 5.54 Å². The molecule has 1 aromatic heterocycles. The van der Waals surface area contributed by atoms with E-state index in [9.17, 15) is 0 Å². The zero-order valence-corrected chi connectivity index (χ0v) is 10.9. The first-order valence-corrected chi connectivity index (χ1v) is 6.55. The maximum Gasteiger partial charge on any atom is 0.129 e. The number of hydrogen-bond acceptors (Lipinski definition) is 3. The van der Waals surface area contributed by atoms with Crippen molar-refractivity contribution in [2.75, 3.05) is 11.9 Å². The summed E-state index contributed by atoms with van der Waals surface area (Å²) in [5, 5.41) is 3.60. The molecule has 0 aliphatic heterocycles. The number of pyridine rings is 1. The molecule has 0 spiro atoms. The fourth-order valence-electron chi connectivity index (χ4n) is 2.56. The third-order valence-electron chi connectivity index (χ3n) is 4.02. The van der Waals surface area contributed by atoms with Gasteiger partial charge in [0.25, 0.3) is 0 Å². The summed E-state index contributed by atoms with van der Waals surface area (Å²) in [6, 6.07) is 4.06. The van der Waals surface area contributed by atoms with Crippen LogP contribution in [0.2, 0.25) is 0 Å². The second-order valence-corrected chi connectivity index (χ2v) is 5.46. The van der Waals surface area contributed by atoms with Gasteiger partial charge in [-0.15, -0.1) is 0 Å². The standard InChI is InChI=1S/C14H23N3/c1-11-5-7-14(10-15,8-6-11)17-13-12(2)4-3-9-16-13/h3-4,9,11H,5-8,10,15H2,1-2H3,(H,16,17). The fraction of sp³-hybridized carbons (Fsp3) is 0.643. The third kappa shape index (κ3) is 2.78. The van der Waals surface area contributed by atoms with Crippen LogP contribution in [0.3, 0.4) is 0 Å². The lowest BCUT2D eigenvalue weighted by Crippen LogP contribution is -2.48. The quantitative estimate of drug-likeness (QED) is 0.844. The second kappa shape index (κ2) is 5.05. The highest BCUT2D eigenvalue weighted by molar-refractivity contribution is 5.45. The zero-order chi connectivity index (χ0) is 12.3. The Morgan fingerprint density at radius 1 is 1.47 bits per heavy atom. The summed E-state index contributed by atoms with van der Waals surface area (Å²) >= 11 is 0. The van der Waals surface area contributed by atoms with Gasteiger partial charge in [0.15, 0.2) is 0 Å². The maximum atomic E-state index is 5.99. The van der Waals surface area contributed by atoms with Crippen LogP contribution in [0.4, 0.5) is 5.82 Å². The van der Waals surface area contributed by atoms with Crippen LogP contribution in [-0.2, 0) is 0 Å². The van der Waals surface area contributed by atoms with Crippen molar-refractivity contribution in [3.8, 4) is 0 Å². The van der Waals surface area contributed by atoms with Crippen molar-refractivity contribution in [1.29, 1.82) is 0 Å². The van der Waals surface area contributed by atoms with E-state index in [4.69, 9.17) is 5.73 Å². The van der Waals surface area contributed by atoms with Gasteiger partial charge in [-0.3, -0.25) is 0 Å². The Labute approximate surface area is 104 Å². The minimum absolute atomic E-state index is 0.0611. The molecule has 1 saturated carbocycles. The zero-order valence-electron chi connectivity index (χ0n) is 10.9. The van der Waals surface area contributed by atoms with Gasteiger partial charge >= 0.3 is 0 Å². The molecule has 0 unspecified atom stereocenters. The van der Waals surface area contributed by atoms with Crippen molar-refractivity contribution in [3.63, 3.8) is 0 Å². The summed E-state index contributed by atoms with van der Waals surface area (Å²) in [5.41, 5.74) is 7.25. The Balaban J connectivity index is 2.12. The van der Waals surface area contributed by atoms with Crippen molar-refractivity contribution >= 4 is 5.82 Å². The molecule has 3 heteroatoms. The minimum Gasteiger partial charge on any atom is -0.363 e. The number of aromatic nitrogens is 1. The Hall–Kier alpha value is -1.09. The summed E-state index contributed by atoms with van der Waals surface area (Å²) in [6.45, 7) is 5.10. The highest BCUT2D eigenvalue weighted by Gasteiger charge is 2.33. The highest BCUT2D eigenvalue weighted by atomic mass is 15.1. The molecule has 3 N–H and O–H groups in total. The molecule has 94 valence electrons.